The van der Waals surface area contributed by atoms with Gasteiger partial charge in [-0.25, -0.2) is 13.1 Å². The molecule has 0 saturated carbocycles. The van der Waals surface area contributed by atoms with Crippen molar-refractivity contribution in [3.05, 3.63) is 35.4 Å². The molecule has 7 heteroatoms. The second kappa shape index (κ2) is 5.27. The SMILES string of the molecule is CCS(=O)(=O)N[C@H](C)c1cccc(C(F)(F)F)c1. The molecule has 0 aliphatic heterocycles. The summed E-state index contributed by atoms with van der Waals surface area (Å²) < 4.78 is 62.5. The summed E-state index contributed by atoms with van der Waals surface area (Å²) in [6.45, 7) is 2.96. The molecule has 0 fully saturated rings. The van der Waals surface area contributed by atoms with Crippen LogP contribution in [-0.4, -0.2) is 14.2 Å². The lowest BCUT2D eigenvalue weighted by atomic mass is 10.1. The molecule has 0 aromatic heterocycles. The molecule has 0 aliphatic rings. The summed E-state index contributed by atoms with van der Waals surface area (Å²) in [6, 6.07) is 3.91. The third kappa shape index (κ3) is 3.99. The molecule has 102 valence electrons. The number of rotatable bonds is 4. The molecule has 0 radical (unpaired) electrons. The first-order valence-electron chi connectivity index (χ1n) is 5.33. The monoisotopic (exact) mass is 281 g/mol. The molecule has 0 aliphatic carbocycles. The van der Waals surface area contributed by atoms with Gasteiger partial charge < -0.3 is 0 Å². The van der Waals surface area contributed by atoms with Gasteiger partial charge >= 0.3 is 6.18 Å². The number of hydrogen-bond acceptors (Lipinski definition) is 2. The zero-order valence-electron chi connectivity index (χ0n) is 9.95. The van der Waals surface area contributed by atoms with Crippen LogP contribution < -0.4 is 4.72 Å². The molecular formula is C11H14F3NO2S. The fourth-order valence-electron chi connectivity index (χ4n) is 1.41. The number of halogens is 3. The Morgan fingerprint density at radius 2 is 1.94 bits per heavy atom. The van der Waals surface area contributed by atoms with Gasteiger partial charge in [0.2, 0.25) is 10.0 Å². The van der Waals surface area contributed by atoms with Gasteiger partial charge in [-0.1, -0.05) is 12.1 Å². The van der Waals surface area contributed by atoms with Crippen LogP contribution in [0.5, 0.6) is 0 Å². The lowest BCUT2D eigenvalue weighted by Gasteiger charge is -2.15. The predicted molar refractivity (Wildman–Crippen MR) is 62.5 cm³/mol. The third-order valence-corrected chi connectivity index (χ3v) is 3.92. The van der Waals surface area contributed by atoms with E-state index in [-0.39, 0.29) is 11.3 Å². The molecular weight excluding hydrogens is 267 g/mol. The smallest absolute Gasteiger partial charge is 0.212 e. The van der Waals surface area contributed by atoms with Gasteiger partial charge in [0.05, 0.1) is 11.3 Å². The van der Waals surface area contributed by atoms with Gasteiger partial charge in [0.25, 0.3) is 0 Å². The molecule has 1 rings (SSSR count). The van der Waals surface area contributed by atoms with Crippen molar-refractivity contribution in [3.63, 3.8) is 0 Å². The van der Waals surface area contributed by atoms with Gasteiger partial charge in [-0.2, -0.15) is 13.2 Å². The summed E-state index contributed by atoms with van der Waals surface area (Å²) in [5.41, 5.74) is -0.510. The minimum Gasteiger partial charge on any atom is -0.212 e. The Morgan fingerprint density at radius 1 is 1.33 bits per heavy atom. The van der Waals surface area contributed by atoms with Crippen molar-refractivity contribution in [2.24, 2.45) is 0 Å². The molecule has 18 heavy (non-hydrogen) atoms. The van der Waals surface area contributed by atoms with E-state index in [1.165, 1.54) is 26.0 Å². The minimum absolute atomic E-state index is 0.115. The van der Waals surface area contributed by atoms with E-state index in [0.717, 1.165) is 12.1 Å². The first-order chi connectivity index (χ1) is 8.15. The van der Waals surface area contributed by atoms with Crippen LogP contribution in [0.3, 0.4) is 0 Å². The van der Waals surface area contributed by atoms with Crippen molar-refractivity contribution >= 4 is 10.0 Å². The number of nitrogens with one attached hydrogen (secondary N) is 1. The van der Waals surface area contributed by atoms with Crippen LogP contribution >= 0.6 is 0 Å². The molecule has 3 nitrogen and oxygen atoms in total. The Morgan fingerprint density at radius 3 is 2.44 bits per heavy atom. The van der Waals surface area contributed by atoms with Crippen molar-refractivity contribution in [2.45, 2.75) is 26.1 Å². The number of benzene rings is 1. The van der Waals surface area contributed by atoms with E-state index in [4.69, 9.17) is 0 Å². The fraction of sp³-hybridized carbons (Fsp3) is 0.455. The number of hydrogen-bond donors (Lipinski definition) is 1. The van der Waals surface area contributed by atoms with Crippen LogP contribution in [0.15, 0.2) is 24.3 Å². The van der Waals surface area contributed by atoms with Crippen molar-refractivity contribution in [1.29, 1.82) is 0 Å². The van der Waals surface area contributed by atoms with Gasteiger partial charge in [0.1, 0.15) is 0 Å². The first-order valence-corrected chi connectivity index (χ1v) is 6.98. The summed E-state index contributed by atoms with van der Waals surface area (Å²) in [6.07, 6.45) is -4.43. The molecule has 0 heterocycles. The Bertz CT molecular complexity index is 511. The molecule has 1 aromatic rings. The van der Waals surface area contributed by atoms with Gasteiger partial charge in [-0.05, 0) is 31.5 Å². The topological polar surface area (TPSA) is 46.2 Å². The van der Waals surface area contributed by atoms with E-state index >= 15 is 0 Å². The fourth-order valence-corrected chi connectivity index (χ4v) is 2.25. The normalized spacial score (nSPS) is 14.5. The summed E-state index contributed by atoms with van der Waals surface area (Å²) in [5.74, 6) is -0.115. The Balaban J connectivity index is 2.97. The lowest BCUT2D eigenvalue weighted by molar-refractivity contribution is -0.137. The van der Waals surface area contributed by atoms with Crippen LogP contribution in [0.2, 0.25) is 0 Å². The average molecular weight is 281 g/mol. The summed E-state index contributed by atoms with van der Waals surface area (Å²) in [7, 11) is -3.45. The largest absolute Gasteiger partial charge is 0.416 e. The van der Waals surface area contributed by atoms with E-state index in [1.807, 2.05) is 0 Å². The highest BCUT2D eigenvalue weighted by Gasteiger charge is 2.30. The molecule has 1 atom stereocenters. The van der Waals surface area contributed by atoms with Crippen LogP contribution in [0.1, 0.15) is 31.0 Å². The third-order valence-electron chi connectivity index (χ3n) is 2.45. The van der Waals surface area contributed by atoms with Crippen molar-refractivity contribution in [3.8, 4) is 0 Å². The number of sulfonamides is 1. The standard InChI is InChI=1S/C11H14F3NO2S/c1-3-18(16,17)15-8(2)9-5-4-6-10(7-9)11(12,13)14/h4-8,15H,3H2,1-2H3/t8-/m1/s1. The molecule has 1 N–H and O–H groups in total. The summed E-state index contributed by atoms with van der Waals surface area (Å²) >= 11 is 0. The Kier molecular flexibility index (Phi) is 4.39. The Labute approximate surface area is 104 Å². The maximum atomic E-state index is 12.5. The zero-order chi connectivity index (χ0) is 14.0. The van der Waals surface area contributed by atoms with E-state index in [1.54, 1.807) is 0 Å². The van der Waals surface area contributed by atoms with Crippen LogP contribution in [0.25, 0.3) is 0 Å². The van der Waals surface area contributed by atoms with E-state index < -0.39 is 27.8 Å². The van der Waals surface area contributed by atoms with Crippen molar-refractivity contribution < 1.29 is 21.6 Å². The maximum absolute atomic E-state index is 12.5. The van der Waals surface area contributed by atoms with Crippen molar-refractivity contribution in [1.82, 2.24) is 4.72 Å². The summed E-state index contributed by atoms with van der Waals surface area (Å²) in [4.78, 5) is 0. The van der Waals surface area contributed by atoms with Crippen LogP contribution in [-0.2, 0) is 16.2 Å². The quantitative estimate of drug-likeness (QED) is 0.922. The molecule has 0 unspecified atom stereocenters. The number of alkyl halides is 3. The minimum atomic E-state index is -4.43. The highest BCUT2D eigenvalue weighted by Crippen LogP contribution is 2.30. The van der Waals surface area contributed by atoms with E-state index in [2.05, 4.69) is 4.72 Å². The highest BCUT2D eigenvalue weighted by atomic mass is 32.2. The van der Waals surface area contributed by atoms with Gasteiger partial charge in [0, 0.05) is 6.04 Å². The average Bonchev–Trinajstić information content (AvgIpc) is 2.27. The first kappa shape index (κ1) is 15.0. The second-order valence-corrected chi connectivity index (χ2v) is 5.91. The zero-order valence-corrected chi connectivity index (χ0v) is 10.8. The van der Waals surface area contributed by atoms with Gasteiger partial charge in [-0.15, -0.1) is 0 Å². The van der Waals surface area contributed by atoms with Gasteiger partial charge in [-0.3, -0.25) is 0 Å². The highest BCUT2D eigenvalue weighted by molar-refractivity contribution is 7.89. The lowest BCUT2D eigenvalue weighted by Crippen LogP contribution is -2.28. The van der Waals surface area contributed by atoms with E-state index in [0.29, 0.717) is 0 Å². The van der Waals surface area contributed by atoms with Crippen molar-refractivity contribution in [2.75, 3.05) is 5.75 Å². The predicted octanol–water partition coefficient (Wildman–Crippen LogP) is 2.71. The second-order valence-electron chi connectivity index (χ2n) is 3.87. The van der Waals surface area contributed by atoms with Crippen LogP contribution in [0, 0.1) is 0 Å². The Hall–Kier alpha value is -1.08. The maximum Gasteiger partial charge on any atom is 0.416 e. The van der Waals surface area contributed by atoms with E-state index in [9.17, 15) is 21.6 Å². The molecule has 0 bridgehead atoms. The van der Waals surface area contributed by atoms with Crippen LogP contribution in [0.4, 0.5) is 13.2 Å². The molecule has 0 amide bonds. The van der Waals surface area contributed by atoms with Gasteiger partial charge in [0.15, 0.2) is 0 Å². The molecule has 0 spiro atoms. The molecule has 1 aromatic carbocycles. The summed E-state index contributed by atoms with van der Waals surface area (Å²) in [5, 5.41) is 0. The molecule has 0 saturated heterocycles.